The van der Waals surface area contributed by atoms with E-state index in [1.807, 2.05) is 10.9 Å². The number of aromatic nitrogens is 2. The summed E-state index contributed by atoms with van der Waals surface area (Å²) in [5, 5.41) is 16.6. The van der Waals surface area contributed by atoms with Gasteiger partial charge in [-0.05, 0) is 32.1 Å². The van der Waals surface area contributed by atoms with Crippen molar-refractivity contribution in [1.29, 1.82) is 0 Å². The first-order valence-electron chi connectivity index (χ1n) is 6.79. The normalized spacial score (nSPS) is 12.3. The average Bonchev–Trinajstić information content (AvgIpc) is 2.75. The van der Waals surface area contributed by atoms with Crippen LogP contribution in [0.25, 0.3) is 0 Å². The van der Waals surface area contributed by atoms with Crippen LogP contribution in [0.4, 0.5) is 0 Å². The SMILES string of the molecule is CC(C)n1cc(CNCC(C)(C)CCCO)cn1. The van der Waals surface area contributed by atoms with Gasteiger partial charge in [-0.2, -0.15) is 5.10 Å². The fourth-order valence-corrected chi connectivity index (χ4v) is 1.94. The van der Waals surface area contributed by atoms with Crippen LogP contribution < -0.4 is 5.32 Å². The van der Waals surface area contributed by atoms with Gasteiger partial charge in [0.15, 0.2) is 0 Å². The Hall–Kier alpha value is -0.870. The Morgan fingerprint density at radius 1 is 1.44 bits per heavy atom. The zero-order valence-corrected chi connectivity index (χ0v) is 12.1. The predicted molar refractivity (Wildman–Crippen MR) is 74.4 cm³/mol. The molecule has 0 spiro atoms. The fourth-order valence-electron chi connectivity index (χ4n) is 1.94. The molecule has 1 rings (SSSR count). The van der Waals surface area contributed by atoms with Gasteiger partial charge in [0, 0.05) is 37.5 Å². The highest BCUT2D eigenvalue weighted by Gasteiger charge is 2.16. The summed E-state index contributed by atoms with van der Waals surface area (Å²) in [6.45, 7) is 10.8. The second kappa shape index (κ2) is 6.90. The van der Waals surface area contributed by atoms with Gasteiger partial charge >= 0.3 is 0 Å². The number of hydrogen-bond acceptors (Lipinski definition) is 3. The van der Waals surface area contributed by atoms with Gasteiger partial charge in [-0.1, -0.05) is 13.8 Å². The van der Waals surface area contributed by atoms with Crippen LogP contribution in [-0.2, 0) is 6.54 Å². The molecular formula is C14H27N3O. The van der Waals surface area contributed by atoms with Crippen LogP contribution in [0.15, 0.2) is 12.4 Å². The van der Waals surface area contributed by atoms with Gasteiger partial charge in [-0.3, -0.25) is 4.68 Å². The van der Waals surface area contributed by atoms with E-state index >= 15 is 0 Å². The quantitative estimate of drug-likeness (QED) is 0.747. The molecule has 1 aromatic rings. The molecule has 0 aromatic carbocycles. The molecule has 2 N–H and O–H groups in total. The van der Waals surface area contributed by atoms with Gasteiger partial charge in [-0.15, -0.1) is 0 Å². The zero-order chi connectivity index (χ0) is 13.6. The number of aliphatic hydroxyl groups is 1. The molecule has 4 heteroatoms. The molecule has 104 valence electrons. The third-order valence-corrected chi connectivity index (χ3v) is 3.13. The van der Waals surface area contributed by atoms with Crippen molar-refractivity contribution in [2.75, 3.05) is 13.2 Å². The summed E-state index contributed by atoms with van der Waals surface area (Å²) in [7, 11) is 0. The Labute approximate surface area is 110 Å². The average molecular weight is 253 g/mol. The van der Waals surface area contributed by atoms with E-state index in [2.05, 4.69) is 44.3 Å². The van der Waals surface area contributed by atoms with E-state index in [1.165, 1.54) is 5.56 Å². The maximum absolute atomic E-state index is 8.86. The number of rotatable bonds is 8. The first-order chi connectivity index (χ1) is 8.44. The van der Waals surface area contributed by atoms with Crippen molar-refractivity contribution in [3.8, 4) is 0 Å². The van der Waals surface area contributed by atoms with Crippen molar-refractivity contribution in [1.82, 2.24) is 15.1 Å². The molecule has 0 bridgehead atoms. The molecule has 18 heavy (non-hydrogen) atoms. The van der Waals surface area contributed by atoms with Crippen LogP contribution in [0.5, 0.6) is 0 Å². The maximum Gasteiger partial charge on any atom is 0.0534 e. The molecule has 1 aromatic heterocycles. The van der Waals surface area contributed by atoms with Crippen LogP contribution in [0.3, 0.4) is 0 Å². The molecule has 0 amide bonds. The van der Waals surface area contributed by atoms with E-state index in [9.17, 15) is 0 Å². The summed E-state index contributed by atoms with van der Waals surface area (Å²) in [5.74, 6) is 0. The van der Waals surface area contributed by atoms with Crippen molar-refractivity contribution < 1.29 is 5.11 Å². The van der Waals surface area contributed by atoms with Gasteiger partial charge < -0.3 is 10.4 Å². The standard InChI is InChI=1S/C14H27N3O/c1-12(2)17-10-13(9-16-17)8-15-11-14(3,4)6-5-7-18/h9-10,12,15,18H,5-8,11H2,1-4H3. The Morgan fingerprint density at radius 3 is 2.72 bits per heavy atom. The summed E-state index contributed by atoms with van der Waals surface area (Å²) in [5.41, 5.74) is 1.46. The number of nitrogens with one attached hydrogen (secondary N) is 1. The molecule has 0 saturated heterocycles. The topological polar surface area (TPSA) is 50.1 Å². The second-order valence-electron chi connectivity index (χ2n) is 6.02. The summed E-state index contributed by atoms with van der Waals surface area (Å²) >= 11 is 0. The van der Waals surface area contributed by atoms with Crippen LogP contribution in [0, 0.1) is 5.41 Å². The Balaban J connectivity index is 2.32. The lowest BCUT2D eigenvalue weighted by atomic mass is 9.88. The van der Waals surface area contributed by atoms with Crippen LogP contribution in [-0.4, -0.2) is 28.0 Å². The van der Waals surface area contributed by atoms with Crippen molar-refractivity contribution >= 4 is 0 Å². The van der Waals surface area contributed by atoms with Crippen LogP contribution in [0.2, 0.25) is 0 Å². The van der Waals surface area contributed by atoms with E-state index in [0.29, 0.717) is 6.04 Å². The Kier molecular flexibility index (Phi) is 5.82. The molecule has 0 saturated carbocycles. The third-order valence-electron chi connectivity index (χ3n) is 3.13. The summed E-state index contributed by atoms with van der Waals surface area (Å²) in [4.78, 5) is 0. The van der Waals surface area contributed by atoms with E-state index < -0.39 is 0 Å². The summed E-state index contributed by atoms with van der Waals surface area (Å²) in [6.07, 6.45) is 5.94. The van der Waals surface area contributed by atoms with E-state index in [-0.39, 0.29) is 12.0 Å². The Morgan fingerprint density at radius 2 is 2.17 bits per heavy atom. The van der Waals surface area contributed by atoms with Gasteiger partial charge in [-0.25, -0.2) is 0 Å². The first-order valence-corrected chi connectivity index (χ1v) is 6.79. The molecule has 0 aliphatic heterocycles. The summed E-state index contributed by atoms with van der Waals surface area (Å²) in [6, 6.07) is 0.416. The monoisotopic (exact) mass is 253 g/mol. The van der Waals surface area contributed by atoms with Gasteiger partial charge in [0.25, 0.3) is 0 Å². The van der Waals surface area contributed by atoms with Crippen molar-refractivity contribution in [2.24, 2.45) is 5.41 Å². The van der Waals surface area contributed by atoms with Gasteiger partial charge in [0.2, 0.25) is 0 Å². The van der Waals surface area contributed by atoms with Crippen LogP contribution >= 0.6 is 0 Å². The lowest BCUT2D eigenvalue weighted by molar-refractivity contribution is 0.236. The minimum absolute atomic E-state index is 0.233. The minimum Gasteiger partial charge on any atom is -0.396 e. The van der Waals surface area contributed by atoms with E-state index in [0.717, 1.165) is 25.9 Å². The van der Waals surface area contributed by atoms with Crippen molar-refractivity contribution in [3.63, 3.8) is 0 Å². The second-order valence-corrected chi connectivity index (χ2v) is 6.02. The summed E-state index contributed by atoms with van der Waals surface area (Å²) < 4.78 is 1.98. The molecule has 4 nitrogen and oxygen atoms in total. The Bertz CT molecular complexity index is 345. The first kappa shape index (κ1) is 15.2. The third kappa shape index (κ3) is 5.19. The molecule has 0 fully saturated rings. The molecule has 0 aliphatic rings. The number of hydrogen-bond donors (Lipinski definition) is 2. The van der Waals surface area contributed by atoms with Gasteiger partial charge in [0.05, 0.1) is 6.20 Å². The fraction of sp³-hybridized carbons (Fsp3) is 0.786. The zero-order valence-electron chi connectivity index (χ0n) is 12.1. The van der Waals surface area contributed by atoms with Crippen molar-refractivity contribution in [3.05, 3.63) is 18.0 Å². The number of nitrogens with zero attached hydrogens (tertiary/aromatic N) is 2. The predicted octanol–water partition coefficient (Wildman–Crippen LogP) is 2.35. The maximum atomic E-state index is 8.86. The number of aliphatic hydroxyl groups excluding tert-OH is 1. The highest BCUT2D eigenvalue weighted by molar-refractivity contribution is 5.03. The lowest BCUT2D eigenvalue weighted by Gasteiger charge is -2.24. The highest BCUT2D eigenvalue weighted by Crippen LogP contribution is 2.20. The molecule has 0 radical (unpaired) electrons. The molecule has 0 aliphatic carbocycles. The largest absolute Gasteiger partial charge is 0.396 e. The van der Waals surface area contributed by atoms with Gasteiger partial charge in [0.1, 0.15) is 0 Å². The molecule has 0 unspecified atom stereocenters. The highest BCUT2D eigenvalue weighted by atomic mass is 16.2. The molecule has 0 atom stereocenters. The van der Waals surface area contributed by atoms with E-state index in [1.54, 1.807) is 0 Å². The molecule has 1 heterocycles. The van der Waals surface area contributed by atoms with E-state index in [4.69, 9.17) is 5.11 Å². The smallest absolute Gasteiger partial charge is 0.0534 e. The molecular weight excluding hydrogens is 226 g/mol. The minimum atomic E-state index is 0.233. The van der Waals surface area contributed by atoms with Crippen molar-refractivity contribution in [2.45, 2.75) is 53.1 Å². The van der Waals surface area contributed by atoms with Crippen LogP contribution in [0.1, 0.15) is 52.1 Å². The lowest BCUT2D eigenvalue weighted by Crippen LogP contribution is -2.29.